The zero-order valence-electron chi connectivity index (χ0n) is 12.7. The highest BCUT2D eigenvalue weighted by molar-refractivity contribution is 5.87. The molecule has 0 saturated carbocycles. The lowest BCUT2D eigenvalue weighted by Crippen LogP contribution is -2.47. The van der Waals surface area contributed by atoms with Gasteiger partial charge in [-0.3, -0.25) is 5.10 Å². The highest BCUT2D eigenvalue weighted by atomic mass is 16.5. The molecule has 0 spiro atoms. The molecule has 6 heteroatoms. The number of aliphatic hydroxyl groups is 2. The third kappa shape index (κ3) is 3.93. The first-order valence-electron chi connectivity index (χ1n) is 7.03. The van der Waals surface area contributed by atoms with Crippen LogP contribution in [-0.2, 0) is 0 Å². The second-order valence-corrected chi connectivity index (χ2v) is 5.89. The minimum atomic E-state index is -0.654. The molecule has 0 aliphatic carbocycles. The number of H-pyrrole nitrogens is 1. The van der Waals surface area contributed by atoms with Crippen LogP contribution in [0.15, 0.2) is 18.2 Å². The van der Waals surface area contributed by atoms with E-state index in [9.17, 15) is 5.11 Å². The molecule has 0 aliphatic rings. The van der Waals surface area contributed by atoms with E-state index in [4.69, 9.17) is 9.84 Å². The van der Waals surface area contributed by atoms with Gasteiger partial charge < -0.3 is 20.3 Å². The molecule has 0 saturated heterocycles. The van der Waals surface area contributed by atoms with Crippen LogP contribution in [-0.4, -0.2) is 51.8 Å². The summed E-state index contributed by atoms with van der Waals surface area (Å²) < 4.78 is 5.71. The molecule has 1 atom stereocenters. The minimum Gasteiger partial charge on any atom is -0.490 e. The number of nitrogens with zero attached hydrogens (tertiary/aromatic N) is 1. The van der Waals surface area contributed by atoms with Gasteiger partial charge in [0, 0.05) is 17.8 Å². The summed E-state index contributed by atoms with van der Waals surface area (Å²) in [7, 11) is 0. The van der Waals surface area contributed by atoms with Crippen LogP contribution in [0.2, 0.25) is 0 Å². The van der Waals surface area contributed by atoms with Gasteiger partial charge in [-0.1, -0.05) is 6.07 Å². The minimum absolute atomic E-state index is 0.00803. The summed E-state index contributed by atoms with van der Waals surface area (Å²) in [6, 6.07) is 5.65. The van der Waals surface area contributed by atoms with Crippen LogP contribution in [0, 0.1) is 6.92 Å². The fourth-order valence-corrected chi connectivity index (χ4v) is 2.00. The molecule has 21 heavy (non-hydrogen) atoms. The Hall–Kier alpha value is -1.63. The Morgan fingerprint density at radius 3 is 2.90 bits per heavy atom. The Balaban J connectivity index is 1.94. The number of aromatic nitrogens is 2. The maximum Gasteiger partial charge on any atom is 0.130 e. The number of ether oxygens (including phenoxy) is 1. The Bertz CT molecular complexity index is 595. The van der Waals surface area contributed by atoms with E-state index in [1.54, 1.807) is 0 Å². The van der Waals surface area contributed by atoms with Crippen molar-refractivity contribution < 1.29 is 14.9 Å². The van der Waals surface area contributed by atoms with Crippen LogP contribution >= 0.6 is 0 Å². The van der Waals surface area contributed by atoms with Gasteiger partial charge in [0.2, 0.25) is 0 Å². The summed E-state index contributed by atoms with van der Waals surface area (Å²) >= 11 is 0. The number of aryl methyl sites for hydroxylation is 1. The number of hydrogen-bond acceptors (Lipinski definition) is 5. The molecular weight excluding hydrogens is 270 g/mol. The van der Waals surface area contributed by atoms with Crippen molar-refractivity contribution in [2.75, 3.05) is 19.8 Å². The maximum absolute atomic E-state index is 9.97. The van der Waals surface area contributed by atoms with Crippen LogP contribution in [0.1, 0.15) is 19.5 Å². The first kappa shape index (κ1) is 15.8. The Morgan fingerprint density at radius 2 is 2.19 bits per heavy atom. The number of β-amino-alcohol motifs (C(OH)–C–C–N with tert-alkyl or cyclic N) is 1. The molecule has 116 valence electrons. The van der Waals surface area contributed by atoms with Gasteiger partial charge in [0.05, 0.1) is 17.5 Å². The number of hydrogen-bond donors (Lipinski definition) is 4. The van der Waals surface area contributed by atoms with Gasteiger partial charge >= 0.3 is 0 Å². The largest absolute Gasteiger partial charge is 0.490 e. The van der Waals surface area contributed by atoms with E-state index in [-0.39, 0.29) is 13.2 Å². The van der Waals surface area contributed by atoms with Crippen molar-refractivity contribution in [3.05, 3.63) is 23.9 Å². The van der Waals surface area contributed by atoms with Crippen molar-refractivity contribution in [1.29, 1.82) is 0 Å². The molecule has 2 aromatic rings. The molecule has 0 unspecified atom stereocenters. The summed E-state index contributed by atoms with van der Waals surface area (Å²) in [6.07, 6.45) is -0.654. The van der Waals surface area contributed by atoms with Crippen molar-refractivity contribution in [3.8, 4) is 5.75 Å². The van der Waals surface area contributed by atoms with Crippen LogP contribution in [0.3, 0.4) is 0 Å². The second kappa shape index (κ2) is 6.43. The maximum atomic E-state index is 9.97. The van der Waals surface area contributed by atoms with Crippen LogP contribution < -0.4 is 10.1 Å². The molecular formula is C15H23N3O3. The van der Waals surface area contributed by atoms with Crippen molar-refractivity contribution in [3.63, 3.8) is 0 Å². The number of rotatable bonds is 7. The third-order valence-electron chi connectivity index (χ3n) is 3.37. The van der Waals surface area contributed by atoms with Gasteiger partial charge in [0.1, 0.15) is 18.5 Å². The molecule has 2 rings (SSSR count). The van der Waals surface area contributed by atoms with Crippen LogP contribution in [0.4, 0.5) is 0 Å². The summed E-state index contributed by atoms with van der Waals surface area (Å²) in [6.45, 7) is 6.22. The number of nitrogens with one attached hydrogen (secondary N) is 2. The standard InChI is InChI=1S/C15H23N3O3/c1-10-14-12(18-17-10)5-4-6-13(14)21-8-11(20)7-16-15(2,3)9-19/h4-6,11,16,19-20H,7-9H2,1-3H3,(H,17,18)/t11-/m0/s1. The van der Waals surface area contributed by atoms with Gasteiger partial charge in [-0.05, 0) is 32.9 Å². The lowest BCUT2D eigenvalue weighted by Gasteiger charge is -2.25. The lowest BCUT2D eigenvalue weighted by atomic mass is 10.1. The number of aliphatic hydroxyl groups excluding tert-OH is 2. The summed E-state index contributed by atoms with van der Waals surface area (Å²) in [5.74, 6) is 0.708. The van der Waals surface area contributed by atoms with E-state index in [1.165, 1.54) is 0 Å². The van der Waals surface area contributed by atoms with E-state index >= 15 is 0 Å². The van der Waals surface area contributed by atoms with Gasteiger partial charge in [0.15, 0.2) is 0 Å². The lowest BCUT2D eigenvalue weighted by molar-refractivity contribution is 0.0913. The highest BCUT2D eigenvalue weighted by Crippen LogP contribution is 2.26. The van der Waals surface area contributed by atoms with E-state index in [0.717, 1.165) is 16.6 Å². The summed E-state index contributed by atoms with van der Waals surface area (Å²) in [5, 5.41) is 30.3. The average molecular weight is 293 g/mol. The first-order chi connectivity index (χ1) is 9.93. The molecule has 1 aromatic carbocycles. The molecule has 0 aliphatic heterocycles. The van der Waals surface area contributed by atoms with Crippen LogP contribution in [0.5, 0.6) is 5.75 Å². The van der Waals surface area contributed by atoms with Crippen molar-refractivity contribution in [2.24, 2.45) is 0 Å². The predicted octanol–water partition coefficient (Wildman–Crippen LogP) is 0.972. The predicted molar refractivity (Wildman–Crippen MR) is 81.5 cm³/mol. The SMILES string of the molecule is Cc1[nH]nc2cccc(OC[C@@H](O)CNC(C)(C)CO)c12. The van der Waals surface area contributed by atoms with E-state index in [2.05, 4.69) is 15.5 Å². The Morgan fingerprint density at radius 1 is 1.43 bits per heavy atom. The molecule has 6 nitrogen and oxygen atoms in total. The van der Waals surface area contributed by atoms with Crippen molar-refractivity contribution >= 4 is 10.9 Å². The molecule has 1 heterocycles. The van der Waals surface area contributed by atoms with Crippen molar-refractivity contribution in [2.45, 2.75) is 32.4 Å². The zero-order valence-corrected chi connectivity index (χ0v) is 12.7. The second-order valence-electron chi connectivity index (χ2n) is 5.89. The fraction of sp³-hybridized carbons (Fsp3) is 0.533. The van der Waals surface area contributed by atoms with Crippen LogP contribution in [0.25, 0.3) is 10.9 Å². The highest BCUT2D eigenvalue weighted by Gasteiger charge is 2.17. The normalized spacial score (nSPS) is 13.6. The van der Waals surface area contributed by atoms with Gasteiger partial charge in [0.25, 0.3) is 0 Å². The van der Waals surface area contributed by atoms with Gasteiger partial charge in [-0.2, -0.15) is 5.10 Å². The number of aromatic amines is 1. The summed E-state index contributed by atoms with van der Waals surface area (Å²) in [4.78, 5) is 0. The Labute approximate surface area is 124 Å². The van der Waals surface area contributed by atoms with Gasteiger partial charge in [-0.15, -0.1) is 0 Å². The zero-order chi connectivity index (χ0) is 15.5. The Kier molecular flexibility index (Phi) is 4.82. The molecule has 0 bridgehead atoms. The van der Waals surface area contributed by atoms with E-state index in [0.29, 0.717) is 12.3 Å². The smallest absolute Gasteiger partial charge is 0.130 e. The topological polar surface area (TPSA) is 90.4 Å². The van der Waals surface area contributed by atoms with E-state index < -0.39 is 11.6 Å². The quantitative estimate of drug-likeness (QED) is 0.611. The summed E-state index contributed by atoms with van der Waals surface area (Å²) in [5.41, 5.74) is 1.37. The van der Waals surface area contributed by atoms with Crippen molar-refractivity contribution in [1.82, 2.24) is 15.5 Å². The number of benzene rings is 1. The third-order valence-corrected chi connectivity index (χ3v) is 3.37. The average Bonchev–Trinajstić information content (AvgIpc) is 2.85. The molecule has 4 N–H and O–H groups in total. The van der Waals surface area contributed by atoms with E-state index in [1.807, 2.05) is 39.0 Å². The number of fused-ring (bicyclic) bond motifs is 1. The molecule has 0 fully saturated rings. The fourth-order valence-electron chi connectivity index (χ4n) is 2.00. The first-order valence-corrected chi connectivity index (χ1v) is 7.03. The van der Waals surface area contributed by atoms with Gasteiger partial charge in [-0.25, -0.2) is 0 Å². The molecule has 1 aromatic heterocycles. The molecule has 0 amide bonds. The monoisotopic (exact) mass is 293 g/mol. The molecule has 0 radical (unpaired) electrons.